The molecule has 3 heterocycles. The van der Waals surface area contributed by atoms with Crippen LogP contribution in [0.1, 0.15) is 42.6 Å². The van der Waals surface area contributed by atoms with Gasteiger partial charge in [-0.3, -0.25) is 14.2 Å². The Labute approximate surface area is 168 Å². The maximum atomic E-state index is 13.2. The molecule has 7 heteroatoms. The molecule has 150 valence electrons. The van der Waals surface area contributed by atoms with Crippen LogP contribution in [0.25, 0.3) is 11.0 Å². The summed E-state index contributed by atoms with van der Waals surface area (Å²) in [6, 6.07) is 7.98. The van der Waals surface area contributed by atoms with Crippen LogP contribution in [0, 0.1) is 0 Å². The summed E-state index contributed by atoms with van der Waals surface area (Å²) < 4.78 is 14.8. The van der Waals surface area contributed by atoms with Gasteiger partial charge in [-0.1, -0.05) is 6.07 Å². The first-order valence-corrected chi connectivity index (χ1v) is 10.2. The van der Waals surface area contributed by atoms with Gasteiger partial charge < -0.3 is 15.2 Å². The molecule has 2 aromatic heterocycles. The second kappa shape index (κ2) is 6.91. The molecule has 1 aliphatic carbocycles. The van der Waals surface area contributed by atoms with E-state index in [2.05, 4.69) is 9.55 Å². The highest BCUT2D eigenvalue weighted by Crippen LogP contribution is 2.57. The monoisotopic (exact) mass is 393 g/mol. The number of carbonyl (C=O) groups excluding carboxylic acids is 1. The van der Waals surface area contributed by atoms with Gasteiger partial charge in [0.1, 0.15) is 5.82 Å². The minimum Gasteiger partial charge on any atom is -0.326 e. The number of nitrogens with two attached hydrogens (primary N) is 1. The Morgan fingerprint density at radius 2 is 2.07 bits per heavy atom. The summed E-state index contributed by atoms with van der Waals surface area (Å²) in [4.78, 5) is 24.1. The lowest BCUT2D eigenvalue weighted by atomic mass is 9.99. The summed E-state index contributed by atoms with van der Waals surface area (Å²) in [5, 5.41) is 0. The van der Waals surface area contributed by atoms with E-state index < -0.39 is 0 Å². The second-order valence-corrected chi connectivity index (χ2v) is 7.97. The Balaban J connectivity index is 1.54. The highest BCUT2D eigenvalue weighted by atomic mass is 19.1. The molecule has 5 rings (SSSR count). The number of halogens is 1. The number of hydrogen-bond donors (Lipinski definition) is 1. The summed E-state index contributed by atoms with van der Waals surface area (Å²) in [6.07, 6.45) is 6.57. The SMILES string of the molecule is NCc1ccc2c(c1)nc(CN1C(=O)C3(CC3)c3ccncc31)n2CCCCF. The van der Waals surface area contributed by atoms with Crippen molar-refractivity contribution in [3.05, 3.63) is 53.6 Å². The molecule has 1 spiro atoms. The molecule has 1 fully saturated rings. The molecule has 0 unspecified atom stereocenters. The largest absolute Gasteiger partial charge is 0.326 e. The number of nitrogens with zero attached hydrogens (tertiary/aromatic N) is 4. The van der Waals surface area contributed by atoms with Gasteiger partial charge in [-0.25, -0.2) is 4.98 Å². The van der Waals surface area contributed by atoms with E-state index in [1.807, 2.05) is 29.2 Å². The van der Waals surface area contributed by atoms with E-state index in [9.17, 15) is 9.18 Å². The number of aromatic nitrogens is 3. The fourth-order valence-corrected chi connectivity index (χ4v) is 4.48. The molecule has 29 heavy (non-hydrogen) atoms. The normalized spacial score (nSPS) is 16.8. The zero-order valence-electron chi connectivity index (χ0n) is 16.3. The Kier molecular flexibility index (Phi) is 4.35. The lowest BCUT2D eigenvalue weighted by Gasteiger charge is -2.18. The fourth-order valence-electron chi connectivity index (χ4n) is 4.48. The van der Waals surface area contributed by atoms with Crippen molar-refractivity contribution >= 4 is 22.6 Å². The summed E-state index contributed by atoms with van der Waals surface area (Å²) in [6.45, 7) is 1.18. The number of pyridine rings is 1. The zero-order chi connectivity index (χ0) is 20.0. The Bertz CT molecular complexity index is 1090. The molecule has 3 aromatic rings. The van der Waals surface area contributed by atoms with E-state index in [1.165, 1.54) is 0 Å². The molecule has 2 N–H and O–H groups in total. The van der Waals surface area contributed by atoms with E-state index in [-0.39, 0.29) is 18.0 Å². The number of benzene rings is 1. The van der Waals surface area contributed by atoms with Gasteiger partial charge in [0.05, 0.1) is 41.6 Å². The first kappa shape index (κ1) is 18.2. The summed E-state index contributed by atoms with van der Waals surface area (Å²) in [5.41, 5.74) is 10.3. The lowest BCUT2D eigenvalue weighted by molar-refractivity contribution is -0.120. The van der Waals surface area contributed by atoms with E-state index in [0.29, 0.717) is 26.1 Å². The van der Waals surface area contributed by atoms with E-state index >= 15 is 0 Å². The van der Waals surface area contributed by atoms with E-state index in [1.54, 1.807) is 12.4 Å². The Morgan fingerprint density at radius 3 is 2.83 bits per heavy atom. The highest BCUT2D eigenvalue weighted by Gasteiger charge is 2.59. The van der Waals surface area contributed by atoms with Gasteiger partial charge in [-0.05, 0) is 55.0 Å². The summed E-state index contributed by atoms with van der Waals surface area (Å²) >= 11 is 0. The summed E-state index contributed by atoms with van der Waals surface area (Å²) in [5.74, 6) is 0.958. The fraction of sp³-hybridized carbons (Fsp3) is 0.409. The number of hydrogen-bond acceptors (Lipinski definition) is 4. The molecular weight excluding hydrogens is 369 g/mol. The van der Waals surface area contributed by atoms with Gasteiger partial charge >= 0.3 is 0 Å². The maximum absolute atomic E-state index is 13.2. The average Bonchev–Trinajstić information content (AvgIpc) is 3.44. The molecule has 0 radical (unpaired) electrons. The van der Waals surface area contributed by atoms with Crippen LogP contribution in [0.15, 0.2) is 36.7 Å². The lowest BCUT2D eigenvalue weighted by Crippen LogP contribution is -2.32. The minimum absolute atomic E-state index is 0.144. The molecule has 1 saturated carbocycles. The van der Waals surface area contributed by atoms with Crippen molar-refractivity contribution in [3.63, 3.8) is 0 Å². The van der Waals surface area contributed by atoms with Crippen LogP contribution >= 0.6 is 0 Å². The Hall–Kier alpha value is -2.80. The third kappa shape index (κ3) is 2.83. The van der Waals surface area contributed by atoms with Gasteiger partial charge in [0.25, 0.3) is 0 Å². The number of unbranched alkanes of at least 4 members (excludes halogenated alkanes) is 1. The van der Waals surface area contributed by atoms with E-state index in [0.717, 1.165) is 52.9 Å². The van der Waals surface area contributed by atoms with Gasteiger partial charge in [-0.15, -0.1) is 0 Å². The van der Waals surface area contributed by atoms with Crippen molar-refractivity contribution in [2.45, 2.75) is 50.7 Å². The van der Waals surface area contributed by atoms with Gasteiger partial charge in [0.2, 0.25) is 5.91 Å². The van der Waals surface area contributed by atoms with Crippen LogP contribution in [0.3, 0.4) is 0 Å². The predicted molar refractivity (Wildman–Crippen MR) is 109 cm³/mol. The number of alkyl halides is 1. The van der Waals surface area contributed by atoms with Gasteiger partial charge in [0.15, 0.2) is 0 Å². The molecule has 2 aliphatic rings. The molecule has 0 atom stereocenters. The zero-order valence-corrected chi connectivity index (χ0v) is 16.3. The van der Waals surface area contributed by atoms with Crippen molar-refractivity contribution in [1.82, 2.24) is 14.5 Å². The Morgan fingerprint density at radius 1 is 1.21 bits per heavy atom. The van der Waals surface area contributed by atoms with Gasteiger partial charge in [0, 0.05) is 19.3 Å². The number of anilines is 1. The number of aryl methyl sites for hydroxylation is 1. The number of carbonyl (C=O) groups is 1. The van der Waals surface area contributed by atoms with Crippen LogP contribution in [0.2, 0.25) is 0 Å². The van der Waals surface area contributed by atoms with E-state index in [4.69, 9.17) is 10.7 Å². The van der Waals surface area contributed by atoms with Crippen molar-refractivity contribution < 1.29 is 9.18 Å². The molecular formula is C22H24FN5O. The standard InChI is InChI=1S/C22H24FN5O/c23-8-1-2-10-27-18-4-3-15(12-24)11-17(18)26-20(27)14-28-19-13-25-9-5-16(19)22(6-7-22)21(28)29/h3-5,9,11,13H,1-2,6-8,10,12,14,24H2. The molecule has 6 nitrogen and oxygen atoms in total. The van der Waals surface area contributed by atoms with Crippen LogP contribution in [0.5, 0.6) is 0 Å². The van der Waals surface area contributed by atoms with Crippen molar-refractivity contribution in [3.8, 4) is 0 Å². The second-order valence-electron chi connectivity index (χ2n) is 7.97. The third-order valence-corrected chi connectivity index (χ3v) is 6.20. The maximum Gasteiger partial charge on any atom is 0.238 e. The number of fused-ring (bicyclic) bond motifs is 3. The van der Waals surface area contributed by atoms with Crippen LogP contribution < -0.4 is 10.6 Å². The topological polar surface area (TPSA) is 77.0 Å². The van der Waals surface area contributed by atoms with Crippen LogP contribution in [-0.4, -0.2) is 27.1 Å². The third-order valence-electron chi connectivity index (χ3n) is 6.20. The van der Waals surface area contributed by atoms with Crippen LogP contribution in [-0.2, 0) is 29.8 Å². The van der Waals surface area contributed by atoms with Crippen molar-refractivity contribution in [2.75, 3.05) is 11.6 Å². The molecule has 1 amide bonds. The molecule has 0 saturated heterocycles. The average molecular weight is 393 g/mol. The quantitative estimate of drug-likeness (QED) is 0.625. The minimum atomic E-state index is -0.351. The van der Waals surface area contributed by atoms with Crippen molar-refractivity contribution in [2.24, 2.45) is 5.73 Å². The molecule has 1 aliphatic heterocycles. The van der Waals surface area contributed by atoms with Crippen LogP contribution in [0.4, 0.5) is 10.1 Å². The first-order valence-electron chi connectivity index (χ1n) is 10.2. The van der Waals surface area contributed by atoms with Crippen molar-refractivity contribution in [1.29, 1.82) is 0 Å². The number of rotatable bonds is 7. The first-order chi connectivity index (χ1) is 14.2. The summed E-state index contributed by atoms with van der Waals surface area (Å²) in [7, 11) is 0. The predicted octanol–water partition coefficient (Wildman–Crippen LogP) is 3.22. The molecule has 1 aromatic carbocycles. The molecule has 0 bridgehead atoms. The number of imidazole rings is 1. The van der Waals surface area contributed by atoms with Gasteiger partial charge in [-0.2, -0.15) is 0 Å². The highest BCUT2D eigenvalue weighted by molar-refractivity contribution is 6.09. The number of amides is 1. The smallest absolute Gasteiger partial charge is 0.238 e.